The van der Waals surface area contributed by atoms with Crippen molar-refractivity contribution >= 4 is 38.7 Å². The first-order chi connectivity index (χ1) is 14.8. The Hall–Kier alpha value is -1.23. The summed E-state index contributed by atoms with van der Waals surface area (Å²) in [6, 6.07) is 5.60. The number of halogens is 5. The van der Waals surface area contributed by atoms with Crippen molar-refractivity contribution in [1.29, 1.82) is 0 Å². The van der Waals surface area contributed by atoms with Gasteiger partial charge in [-0.05, 0) is 35.1 Å². The molecule has 4 atom stereocenters. The number of carbonyl (C=O) groups is 1. The minimum absolute atomic E-state index is 0.111. The molecule has 2 bridgehead atoms. The van der Waals surface area contributed by atoms with E-state index in [9.17, 15) is 30.8 Å². The van der Waals surface area contributed by atoms with Crippen LogP contribution in [0.2, 0.25) is 0 Å². The van der Waals surface area contributed by atoms with Gasteiger partial charge in [0.25, 0.3) is 0 Å². The lowest BCUT2D eigenvalue weighted by Crippen LogP contribution is -2.52. The number of fused-ring (bicyclic) bond motifs is 4. The molecular weight excluding hydrogens is 579 g/mol. The van der Waals surface area contributed by atoms with Gasteiger partial charge >= 0.3 is 27.3 Å². The van der Waals surface area contributed by atoms with Gasteiger partial charge in [0, 0.05) is 12.0 Å². The second-order valence-corrected chi connectivity index (χ2v) is 10.4. The first-order valence-electron chi connectivity index (χ1n) is 9.42. The molecule has 0 amide bonds. The van der Waals surface area contributed by atoms with Gasteiger partial charge in [-0.25, -0.2) is 0 Å². The molecule has 2 fully saturated rings. The van der Waals surface area contributed by atoms with Crippen LogP contribution in [0.1, 0.15) is 24.8 Å². The average Bonchev–Trinajstić information content (AvgIpc) is 3.26. The summed E-state index contributed by atoms with van der Waals surface area (Å²) >= 11 is 2.13. The van der Waals surface area contributed by atoms with Crippen LogP contribution >= 0.6 is 22.6 Å². The maximum absolute atomic E-state index is 13.5. The topological polar surface area (TPSA) is 108 Å². The Balaban J connectivity index is 1.35. The van der Waals surface area contributed by atoms with E-state index < -0.39 is 64.2 Å². The maximum atomic E-state index is 13.5. The molecule has 1 spiro atoms. The van der Waals surface area contributed by atoms with Crippen molar-refractivity contribution in [2.75, 3.05) is 6.61 Å². The minimum atomic E-state index is -6.35. The summed E-state index contributed by atoms with van der Waals surface area (Å²) in [6.45, 7) is -0.889. The van der Waals surface area contributed by atoms with Crippen molar-refractivity contribution in [2.45, 2.75) is 55.0 Å². The molecule has 0 saturated carbocycles. The number of carbonyl (C=O) groups excluding carboxylic acids is 1. The molecule has 14 heteroatoms. The summed E-state index contributed by atoms with van der Waals surface area (Å²) in [6.07, 6.45) is -2.81. The average molecular weight is 596 g/mol. The number of benzene rings is 1. The molecule has 3 aliphatic heterocycles. The van der Waals surface area contributed by atoms with Crippen LogP contribution < -0.4 is 4.74 Å². The predicted octanol–water partition coefficient (Wildman–Crippen LogP) is 3.12. The smallest absolute Gasteiger partial charge is 0.431 e. The molecule has 4 rings (SSSR count). The van der Waals surface area contributed by atoms with Gasteiger partial charge in [0.15, 0.2) is 0 Å². The lowest BCUT2D eigenvalue weighted by molar-refractivity contribution is -0.232. The lowest BCUT2D eigenvalue weighted by atomic mass is 9.84. The van der Waals surface area contributed by atoms with Crippen LogP contribution in [0.25, 0.3) is 0 Å². The fourth-order valence-corrected chi connectivity index (χ4v) is 5.18. The van der Waals surface area contributed by atoms with E-state index >= 15 is 0 Å². The van der Waals surface area contributed by atoms with Crippen molar-refractivity contribution < 1.29 is 54.3 Å². The van der Waals surface area contributed by atoms with Crippen LogP contribution in [0.5, 0.6) is 5.75 Å². The van der Waals surface area contributed by atoms with E-state index in [0.29, 0.717) is 5.75 Å². The number of para-hydroxylation sites is 1. The van der Waals surface area contributed by atoms with Crippen molar-refractivity contribution in [1.82, 2.24) is 0 Å². The van der Waals surface area contributed by atoms with Gasteiger partial charge in [-0.15, -0.1) is 0 Å². The fourth-order valence-electron chi connectivity index (χ4n) is 4.04. The fraction of sp³-hybridized carbons (Fsp3) is 0.611. The molecule has 178 valence electrons. The molecule has 8 nitrogen and oxygen atoms in total. The van der Waals surface area contributed by atoms with E-state index in [1.165, 1.54) is 0 Å². The van der Waals surface area contributed by atoms with Crippen LogP contribution in [0.3, 0.4) is 0 Å². The highest BCUT2D eigenvalue weighted by atomic mass is 127. The summed E-state index contributed by atoms with van der Waals surface area (Å²) in [5.41, 5.74) is 0.865. The zero-order chi connectivity index (χ0) is 23.5. The van der Waals surface area contributed by atoms with E-state index in [2.05, 4.69) is 27.3 Å². The quantitative estimate of drug-likeness (QED) is 0.231. The van der Waals surface area contributed by atoms with Crippen molar-refractivity contribution in [2.24, 2.45) is 5.92 Å². The Bertz CT molecular complexity index is 1040. The molecule has 3 heterocycles. The molecule has 32 heavy (non-hydrogen) atoms. The van der Waals surface area contributed by atoms with Crippen LogP contribution in [-0.4, -0.2) is 54.7 Å². The van der Waals surface area contributed by atoms with Crippen molar-refractivity contribution in [3.8, 4) is 5.75 Å². The minimum Gasteiger partial charge on any atom is -0.465 e. The van der Waals surface area contributed by atoms with Gasteiger partial charge in [0.2, 0.25) is 5.79 Å². The molecular formula is C18H17F4IO8S. The van der Waals surface area contributed by atoms with Crippen LogP contribution in [0.4, 0.5) is 17.6 Å². The van der Waals surface area contributed by atoms with E-state index in [-0.39, 0.29) is 19.4 Å². The van der Waals surface area contributed by atoms with Gasteiger partial charge in [-0.3, -0.25) is 9.35 Å². The molecule has 0 aromatic heterocycles. The highest BCUT2D eigenvalue weighted by Crippen LogP contribution is 2.51. The number of ether oxygens (including phenoxy) is 4. The van der Waals surface area contributed by atoms with Crippen LogP contribution in [0, 0.1) is 9.49 Å². The summed E-state index contributed by atoms with van der Waals surface area (Å²) in [7, 11) is -6.35. The first-order valence-corrected chi connectivity index (χ1v) is 11.9. The number of hydrogen-bond acceptors (Lipinski definition) is 7. The molecule has 1 aromatic rings. The number of alkyl halides is 4. The summed E-state index contributed by atoms with van der Waals surface area (Å²) in [5, 5.41) is -5.71. The second-order valence-electron chi connectivity index (χ2n) is 7.75. The van der Waals surface area contributed by atoms with E-state index in [1.54, 1.807) is 0 Å². The standard InChI is InChI=1S/C18H17F4IO8S/c19-17(20,18(21,22)32(25,26)27)4-5-28-15(24)10-6-13-16(7-12(10)30-13)29-8-9-2-1-3-11(23)14(9)31-16/h1-3,10,12-13H,4-8H2,(H,25,26,27). The largest absolute Gasteiger partial charge is 0.465 e. The Morgan fingerprint density at radius 3 is 2.66 bits per heavy atom. The Labute approximate surface area is 193 Å². The summed E-state index contributed by atoms with van der Waals surface area (Å²) in [5.74, 6) is -7.35. The normalized spacial score (nSPS) is 29.6. The maximum Gasteiger partial charge on any atom is 0.431 e. The molecule has 4 unspecified atom stereocenters. The van der Waals surface area contributed by atoms with Crippen LogP contribution in [-0.2, 0) is 35.7 Å². The third kappa shape index (κ3) is 3.86. The van der Waals surface area contributed by atoms with Crippen molar-refractivity contribution in [3.05, 3.63) is 27.3 Å². The highest BCUT2D eigenvalue weighted by Gasteiger charge is 2.66. The third-order valence-electron chi connectivity index (χ3n) is 5.74. The second kappa shape index (κ2) is 7.92. The van der Waals surface area contributed by atoms with E-state index in [4.69, 9.17) is 18.8 Å². The molecule has 0 aliphatic carbocycles. The number of rotatable bonds is 6. The van der Waals surface area contributed by atoms with E-state index in [1.807, 2.05) is 18.2 Å². The lowest BCUT2D eigenvalue weighted by Gasteiger charge is -2.40. The first kappa shape index (κ1) is 23.9. The predicted molar refractivity (Wildman–Crippen MR) is 106 cm³/mol. The Morgan fingerprint density at radius 2 is 2.03 bits per heavy atom. The zero-order valence-corrected chi connectivity index (χ0v) is 19.1. The molecule has 2 saturated heterocycles. The van der Waals surface area contributed by atoms with Crippen LogP contribution in [0.15, 0.2) is 18.2 Å². The summed E-state index contributed by atoms with van der Waals surface area (Å²) < 4.78 is 106. The third-order valence-corrected chi connectivity index (χ3v) is 7.54. The van der Waals surface area contributed by atoms with Gasteiger partial charge in [-0.2, -0.15) is 26.0 Å². The molecule has 0 radical (unpaired) electrons. The molecule has 1 N–H and O–H groups in total. The molecule has 1 aromatic carbocycles. The van der Waals surface area contributed by atoms with E-state index in [0.717, 1.165) is 9.13 Å². The molecule has 3 aliphatic rings. The Morgan fingerprint density at radius 1 is 1.31 bits per heavy atom. The van der Waals surface area contributed by atoms with Gasteiger partial charge < -0.3 is 18.9 Å². The Kier molecular flexibility index (Phi) is 5.92. The number of hydrogen-bond donors (Lipinski definition) is 1. The van der Waals surface area contributed by atoms with Gasteiger partial charge in [0.1, 0.15) is 11.9 Å². The monoisotopic (exact) mass is 596 g/mol. The van der Waals surface area contributed by atoms with Gasteiger partial charge in [0.05, 0.1) is 35.2 Å². The zero-order valence-electron chi connectivity index (χ0n) is 16.1. The van der Waals surface area contributed by atoms with Gasteiger partial charge in [-0.1, -0.05) is 12.1 Å². The summed E-state index contributed by atoms with van der Waals surface area (Å²) in [4.78, 5) is 12.3. The van der Waals surface area contributed by atoms with Crippen molar-refractivity contribution in [3.63, 3.8) is 0 Å². The number of esters is 1. The highest BCUT2D eigenvalue weighted by molar-refractivity contribution is 14.1. The SMILES string of the molecule is O=C(OCCC(F)(F)C(F)(F)S(=O)(=O)O)C1CC2OC1CC21OCc2cccc(I)c2O1.